The average molecular weight is 184 g/mol. The summed E-state index contributed by atoms with van der Waals surface area (Å²) >= 11 is 0. The molecule has 0 aliphatic carbocycles. The van der Waals surface area contributed by atoms with Gasteiger partial charge >= 0.3 is 0 Å². The van der Waals surface area contributed by atoms with Crippen LogP contribution in [0.5, 0.6) is 0 Å². The molecular formula is C11H20O2. The number of fused-ring (bicyclic) bond motifs is 2. The van der Waals surface area contributed by atoms with Crippen LogP contribution < -0.4 is 0 Å². The van der Waals surface area contributed by atoms with E-state index in [1.165, 1.54) is 6.42 Å². The largest absolute Gasteiger partial charge is 0.344 e. The highest BCUT2D eigenvalue weighted by atomic mass is 16.8. The maximum atomic E-state index is 6.10. The van der Waals surface area contributed by atoms with Gasteiger partial charge in [0.1, 0.15) is 0 Å². The van der Waals surface area contributed by atoms with Crippen LogP contribution in [0.2, 0.25) is 0 Å². The second-order valence-corrected chi connectivity index (χ2v) is 5.07. The highest BCUT2D eigenvalue weighted by Crippen LogP contribution is 2.48. The van der Waals surface area contributed by atoms with Crippen LogP contribution in [0.25, 0.3) is 0 Å². The van der Waals surface area contributed by atoms with Gasteiger partial charge in [-0.05, 0) is 32.6 Å². The van der Waals surface area contributed by atoms with Gasteiger partial charge in [-0.1, -0.05) is 13.8 Å². The van der Waals surface area contributed by atoms with Crippen molar-refractivity contribution in [3.63, 3.8) is 0 Å². The molecule has 0 aromatic heterocycles. The first-order valence-electron chi connectivity index (χ1n) is 5.34. The molecule has 2 heterocycles. The molecule has 0 radical (unpaired) electrons. The van der Waals surface area contributed by atoms with E-state index in [9.17, 15) is 0 Å². The quantitative estimate of drug-likeness (QED) is 0.624. The summed E-state index contributed by atoms with van der Waals surface area (Å²) in [5.41, 5.74) is -0.0642. The smallest absolute Gasteiger partial charge is 0.166 e. The van der Waals surface area contributed by atoms with Gasteiger partial charge in [0, 0.05) is 6.42 Å². The van der Waals surface area contributed by atoms with Gasteiger partial charge in [-0.2, -0.15) is 0 Å². The van der Waals surface area contributed by atoms with E-state index >= 15 is 0 Å². The van der Waals surface area contributed by atoms with Gasteiger partial charge in [0.05, 0.1) is 11.7 Å². The minimum atomic E-state index is -0.290. The van der Waals surface area contributed by atoms with E-state index in [1.807, 2.05) is 0 Å². The Morgan fingerprint density at radius 1 is 1.31 bits per heavy atom. The average Bonchev–Trinajstić information content (AvgIpc) is 2.19. The van der Waals surface area contributed by atoms with E-state index in [2.05, 4.69) is 27.7 Å². The first kappa shape index (κ1) is 9.47. The topological polar surface area (TPSA) is 18.5 Å². The minimum absolute atomic E-state index is 0.0642. The van der Waals surface area contributed by atoms with E-state index in [0.717, 1.165) is 12.8 Å². The molecule has 2 aliphatic heterocycles. The summed E-state index contributed by atoms with van der Waals surface area (Å²) in [4.78, 5) is 0. The monoisotopic (exact) mass is 184 g/mol. The third kappa shape index (κ3) is 1.31. The van der Waals surface area contributed by atoms with Crippen LogP contribution in [-0.2, 0) is 9.47 Å². The molecular weight excluding hydrogens is 164 g/mol. The van der Waals surface area contributed by atoms with Crippen LogP contribution in [0.15, 0.2) is 0 Å². The first-order valence-corrected chi connectivity index (χ1v) is 5.34. The third-order valence-corrected chi connectivity index (χ3v) is 3.71. The van der Waals surface area contributed by atoms with Crippen LogP contribution in [0.3, 0.4) is 0 Å². The lowest BCUT2D eigenvalue weighted by molar-refractivity contribution is -0.192. The van der Waals surface area contributed by atoms with E-state index in [1.54, 1.807) is 0 Å². The molecule has 2 fully saturated rings. The minimum Gasteiger partial charge on any atom is -0.344 e. The van der Waals surface area contributed by atoms with Crippen molar-refractivity contribution < 1.29 is 9.47 Å². The van der Waals surface area contributed by atoms with E-state index in [-0.39, 0.29) is 11.4 Å². The Kier molecular flexibility index (Phi) is 1.97. The lowest BCUT2D eigenvalue weighted by Gasteiger charge is -2.31. The van der Waals surface area contributed by atoms with Crippen LogP contribution >= 0.6 is 0 Å². The van der Waals surface area contributed by atoms with Crippen molar-refractivity contribution >= 4 is 0 Å². The van der Waals surface area contributed by atoms with Crippen LogP contribution in [0, 0.1) is 5.92 Å². The molecule has 2 saturated heterocycles. The molecule has 2 rings (SSSR count). The summed E-state index contributed by atoms with van der Waals surface area (Å²) in [6.45, 7) is 8.70. The predicted octanol–water partition coefficient (Wildman–Crippen LogP) is 2.72. The van der Waals surface area contributed by atoms with Gasteiger partial charge in [0.25, 0.3) is 0 Å². The number of hydrogen-bond donors (Lipinski definition) is 0. The van der Waals surface area contributed by atoms with Crippen molar-refractivity contribution in [3.8, 4) is 0 Å². The molecule has 2 heteroatoms. The van der Waals surface area contributed by atoms with Gasteiger partial charge in [0.15, 0.2) is 5.79 Å². The molecule has 2 bridgehead atoms. The lowest BCUT2D eigenvalue weighted by Crippen LogP contribution is -2.41. The summed E-state index contributed by atoms with van der Waals surface area (Å²) in [6, 6.07) is 0. The Morgan fingerprint density at radius 3 is 2.54 bits per heavy atom. The molecule has 3 atom stereocenters. The predicted molar refractivity (Wildman–Crippen MR) is 51.5 cm³/mol. The number of ether oxygens (including phenoxy) is 2. The summed E-state index contributed by atoms with van der Waals surface area (Å²) < 4.78 is 12.0. The standard InChI is InChI=1S/C11H20O2/c1-8(2)11(4)9-6-5-7-10(3,12-9)13-11/h8-9H,5-7H2,1-4H3/t9?,10?,11-/m0/s1. The summed E-state index contributed by atoms with van der Waals surface area (Å²) in [7, 11) is 0. The Morgan fingerprint density at radius 2 is 2.00 bits per heavy atom. The SMILES string of the molecule is CC(C)[C@]1(C)OC2(C)CCCC1O2. The molecule has 2 aliphatic rings. The molecule has 0 saturated carbocycles. The fourth-order valence-corrected chi connectivity index (χ4v) is 2.53. The Bertz CT molecular complexity index is 214. The molecule has 76 valence electrons. The second kappa shape index (κ2) is 2.71. The molecule has 0 amide bonds. The highest BCUT2D eigenvalue weighted by Gasteiger charge is 2.55. The molecule has 0 spiro atoms. The van der Waals surface area contributed by atoms with Crippen LogP contribution in [0.1, 0.15) is 47.0 Å². The normalized spacial score (nSPS) is 50.1. The van der Waals surface area contributed by atoms with Crippen molar-refractivity contribution in [1.82, 2.24) is 0 Å². The first-order chi connectivity index (χ1) is 5.96. The van der Waals surface area contributed by atoms with Gasteiger partial charge in [-0.25, -0.2) is 0 Å². The molecule has 13 heavy (non-hydrogen) atoms. The Hall–Kier alpha value is -0.0800. The van der Waals surface area contributed by atoms with Crippen molar-refractivity contribution in [2.24, 2.45) is 5.92 Å². The molecule has 2 nitrogen and oxygen atoms in total. The molecule has 0 aromatic carbocycles. The number of hydrogen-bond acceptors (Lipinski definition) is 2. The van der Waals surface area contributed by atoms with Gasteiger partial charge in [-0.3, -0.25) is 0 Å². The third-order valence-electron chi connectivity index (χ3n) is 3.71. The molecule has 0 N–H and O–H groups in total. The van der Waals surface area contributed by atoms with Gasteiger partial charge < -0.3 is 9.47 Å². The zero-order chi connectivity index (χ0) is 9.69. The maximum absolute atomic E-state index is 6.10. The van der Waals surface area contributed by atoms with Gasteiger partial charge in [0.2, 0.25) is 0 Å². The van der Waals surface area contributed by atoms with Crippen molar-refractivity contribution in [3.05, 3.63) is 0 Å². The second-order valence-electron chi connectivity index (χ2n) is 5.07. The molecule has 0 aromatic rings. The van der Waals surface area contributed by atoms with Gasteiger partial charge in [-0.15, -0.1) is 0 Å². The zero-order valence-corrected chi connectivity index (χ0v) is 9.09. The van der Waals surface area contributed by atoms with Crippen LogP contribution in [0.4, 0.5) is 0 Å². The molecule has 2 unspecified atom stereocenters. The summed E-state index contributed by atoms with van der Waals surface area (Å²) in [5.74, 6) is 0.236. The summed E-state index contributed by atoms with van der Waals surface area (Å²) in [6.07, 6.45) is 3.76. The summed E-state index contributed by atoms with van der Waals surface area (Å²) in [5, 5.41) is 0. The van der Waals surface area contributed by atoms with E-state index < -0.39 is 0 Å². The Labute approximate surface area is 80.6 Å². The maximum Gasteiger partial charge on any atom is 0.166 e. The zero-order valence-electron chi connectivity index (χ0n) is 9.09. The fraction of sp³-hybridized carbons (Fsp3) is 1.00. The fourth-order valence-electron chi connectivity index (χ4n) is 2.53. The van der Waals surface area contributed by atoms with Crippen LogP contribution in [-0.4, -0.2) is 17.5 Å². The lowest BCUT2D eigenvalue weighted by atomic mass is 9.85. The van der Waals surface area contributed by atoms with E-state index in [0.29, 0.717) is 12.0 Å². The van der Waals surface area contributed by atoms with E-state index in [4.69, 9.17) is 9.47 Å². The van der Waals surface area contributed by atoms with Crippen molar-refractivity contribution in [2.75, 3.05) is 0 Å². The highest BCUT2D eigenvalue weighted by molar-refractivity contribution is 4.98. The van der Waals surface area contributed by atoms with Crippen molar-refractivity contribution in [1.29, 1.82) is 0 Å². The number of rotatable bonds is 1. The van der Waals surface area contributed by atoms with Crippen molar-refractivity contribution in [2.45, 2.75) is 64.4 Å². The Balaban J connectivity index is 2.25.